The van der Waals surface area contributed by atoms with Crippen molar-refractivity contribution < 1.29 is 14.2 Å². The van der Waals surface area contributed by atoms with E-state index in [1.165, 1.54) is 13.2 Å². The minimum Gasteiger partial charge on any atom is -0.496 e. The summed E-state index contributed by atoms with van der Waals surface area (Å²) in [6.45, 7) is -0.0467. The third kappa shape index (κ3) is 2.23. The molecule has 1 aromatic rings. The number of methoxy groups -OCH3 is 1. The van der Waals surface area contributed by atoms with Crippen molar-refractivity contribution in [1.29, 1.82) is 0 Å². The Morgan fingerprint density at radius 1 is 1.64 bits per heavy atom. The molecule has 0 amide bonds. The SMILES string of the molecule is COc1cc(Br)cc(F)c1[C@H](O)CN. The van der Waals surface area contributed by atoms with E-state index in [4.69, 9.17) is 10.5 Å². The first-order valence-electron chi connectivity index (χ1n) is 4.01. The Morgan fingerprint density at radius 3 is 2.79 bits per heavy atom. The van der Waals surface area contributed by atoms with Crippen molar-refractivity contribution in [2.75, 3.05) is 13.7 Å². The van der Waals surface area contributed by atoms with Gasteiger partial charge in [0.2, 0.25) is 0 Å². The second kappa shape index (κ2) is 4.72. The Kier molecular flexibility index (Phi) is 3.86. The van der Waals surface area contributed by atoms with Crippen LogP contribution in [0.2, 0.25) is 0 Å². The number of hydrogen-bond acceptors (Lipinski definition) is 3. The molecule has 0 aromatic heterocycles. The maximum Gasteiger partial charge on any atom is 0.133 e. The lowest BCUT2D eigenvalue weighted by Crippen LogP contribution is -2.14. The summed E-state index contributed by atoms with van der Waals surface area (Å²) in [6, 6.07) is 2.84. The molecular formula is C9H11BrFNO2. The highest BCUT2D eigenvalue weighted by atomic mass is 79.9. The number of benzene rings is 1. The molecule has 5 heteroatoms. The third-order valence-corrected chi connectivity index (χ3v) is 2.29. The van der Waals surface area contributed by atoms with E-state index >= 15 is 0 Å². The summed E-state index contributed by atoms with van der Waals surface area (Å²) in [6.07, 6.45) is -1.04. The average molecular weight is 264 g/mol. The Balaban J connectivity index is 3.24. The predicted molar refractivity (Wildman–Crippen MR) is 54.7 cm³/mol. The summed E-state index contributed by atoms with van der Waals surface area (Å²) >= 11 is 3.13. The summed E-state index contributed by atoms with van der Waals surface area (Å²) in [5, 5.41) is 9.45. The molecule has 0 spiro atoms. The number of hydrogen-bond donors (Lipinski definition) is 2. The van der Waals surface area contributed by atoms with Gasteiger partial charge in [-0.2, -0.15) is 0 Å². The highest BCUT2D eigenvalue weighted by Crippen LogP contribution is 2.30. The van der Waals surface area contributed by atoms with Crippen LogP contribution in [-0.2, 0) is 0 Å². The van der Waals surface area contributed by atoms with Crippen molar-refractivity contribution in [1.82, 2.24) is 0 Å². The molecule has 0 heterocycles. The summed E-state index contributed by atoms with van der Waals surface area (Å²) in [7, 11) is 1.41. The maximum atomic E-state index is 13.4. The number of halogens is 2. The number of ether oxygens (including phenoxy) is 1. The van der Waals surface area contributed by atoms with Crippen molar-refractivity contribution in [3.63, 3.8) is 0 Å². The molecule has 0 saturated heterocycles. The van der Waals surface area contributed by atoms with E-state index < -0.39 is 11.9 Å². The van der Waals surface area contributed by atoms with Crippen LogP contribution in [0.25, 0.3) is 0 Å². The second-order valence-corrected chi connectivity index (χ2v) is 3.67. The van der Waals surface area contributed by atoms with Gasteiger partial charge < -0.3 is 15.6 Å². The van der Waals surface area contributed by atoms with Crippen molar-refractivity contribution in [2.45, 2.75) is 6.10 Å². The Bertz CT molecular complexity index is 333. The molecule has 0 fully saturated rings. The summed E-state index contributed by atoms with van der Waals surface area (Å²) in [5.74, 6) is -0.246. The topological polar surface area (TPSA) is 55.5 Å². The van der Waals surface area contributed by atoms with Crippen molar-refractivity contribution in [3.05, 3.63) is 28.0 Å². The van der Waals surface area contributed by atoms with E-state index in [9.17, 15) is 9.50 Å². The van der Waals surface area contributed by atoms with E-state index in [1.807, 2.05) is 0 Å². The zero-order valence-electron chi connectivity index (χ0n) is 7.63. The molecule has 78 valence electrons. The Morgan fingerprint density at radius 2 is 2.29 bits per heavy atom. The molecule has 14 heavy (non-hydrogen) atoms. The van der Waals surface area contributed by atoms with Gasteiger partial charge in [0.1, 0.15) is 11.6 Å². The molecule has 1 aromatic carbocycles. The van der Waals surface area contributed by atoms with Gasteiger partial charge in [-0.25, -0.2) is 4.39 Å². The van der Waals surface area contributed by atoms with Crippen LogP contribution < -0.4 is 10.5 Å². The Hall–Kier alpha value is -0.650. The van der Waals surface area contributed by atoms with Gasteiger partial charge in [-0.15, -0.1) is 0 Å². The first-order chi connectivity index (χ1) is 6.60. The van der Waals surface area contributed by atoms with Crippen LogP contribution in [0.15, 0.2) is 16.6 Å². The van der Waals surface area contributed by atoms with Gasteiger partial charge in [-0.3, -0.25) is 0 Å². The first-order valence-corrected chi connectivity index (χ1v) is 4.80. The van der Waals surface area contributed by atoms with Crippen LogP contribution in [0.5, 0.6) is 5.75 Å². The molecule has 0 bridgehead atoms. The van der Waals surface area contributed by atoms with Gasteiger partial charge in [0.15, 0.2) is 0 Å². The van der Waals surface area contributed by atoms with Gasteiger partial charge >= 0.3 is 0 Å². The fourth-order valence-corrected chi connectivity index (χ4v) is 1.58. The first kappa shape index (κ1) is 11.4. The number of rotatable bonds is 3. The van der Waals surface area contributed by atoms with Crippen LogP contribution in [0, 0.1) is 5.82 Å². The van der Waals surface area contributed by atoms with Crippen molar-refractivity contribution >= 4 is 15.9 Å². The zero-order valence-corrected chi connectivity index (χ0v) is 9.21. The smallest absolute Gasteiger partial charge is 0.133 e. The second-order valence-electron chi connectivity index (χ2n) is 2.76. The van der Waals surface area contributed by atoms with Gasteiger partial charge in [0.05, 0.1) is 18.8 Å². The molecule has 0 aliphatic carbocycles. The summed E-state index contributed by atoms with van der Waals surface area (Å²) in [5.41, 5.74) is 5.35. The van der Waals surface area contributed by atoms with E-state index in [2.05, 4.69) is 15.9 Å². The lowest BCUT2D eigenvalue weighted by Gasteiger charge is -2.14. The lowest BCUT2D eigenvalue weighted by atomic mass is 10.1. The van der Waals surface area contributed by atoms with Crippen molar-refractivity contribution in [2.24, 2.45) is 5.73 Å². The van der Waals surface area contributed by atoms with Gasteiger partial charge in [-0.1, -0.05) is 15.9 Å². The number of aliphatic hydroxyl groups is 1. The molecule has 3 N–H and O–H groups in total. The standard InChI is InChI=1S/C9H11BrFNO2/c1-14-8-3-5(10)2-6(11)9(8)7(13)4-12/h2-3,7,13H,4,12H2,1H3/t7-/m1/s1. The van der Waals surface area contributed by atoms with Gasteiger partial charge in [0.25, 0.3) is 0 Å². The monoisotopic (exact) mass is 263 g/mol. The normalized spacial score (nSPS) is 12.6. The fourth-order valence-electron chi connectivity index (χ4n) is 1.17. The molecular weight excluding hydrogens is 253 g/mol. The summed E-state index contributed by atoms with van der Waals surface area (Å²) in [4.78, 5) is 0. The third-order valence-electron chi connectivity index (χ3n) is 1.83. The molecule has 3 nitrogen and oxygen atoms in total. The van der Waals surface area contributed by atoms with Crippen LogP contribution >= 0.6 is 15.9 Å². The van der Waals surface area contributed by atoms with Crippen LogP contribution in [-0.4, -0.2) is 18.8 Å². The molecule has 1 rings (SSSR count). The van der Waals surface area contributed by atoms with Gasteiger partial charge in [0, 0.05) is 11.0 Å². The predicted octanol–water partition coefficient (Wildman–Crippen LogP) is 1.59. The molecule has 0 saturated carbocycles. The highest BCUT2D eigenvalue weighted by molar-refractivity contribution is 9.10. The summed E-state index contributed by atoms with van der Waals surface area (Å²) < 4.78 is 18.9. The maximum absolute atomic E-state index is 13.4. The lowest BCUT2D eigenvalue weighted by molar-refractivity contribution is 0.177. The minimum atomic E-state index is -1.04. The van der Waals surface area contributed by atoms with Crippen LogP contribution in [0.1, 0.15) is 11.7 Å². The van der Waals surface area contributed by atoms with E-state index in [1.54, 1.807) is 6.07 Å². The van der Waals surface area contributed by atoms with Gasteiger partial charge in [-0.05, 0) is 12.1 Å². The molecule has 0 aliphatic heterocycles. The molecule has 1 atom stereocenters. The van der Waals surface area contributed by atoms with Crippen molar-refractivity contribution in [3.8, 4) is 5.75 Å². The highest BCUT2D eigenvalue weighted by Gasteiger charge is 2.17. The quantitative estimate of drug-likeness (QED) is 0.871. The van der Waals surface area contributed by atoms with Crippen LogP contribution in [0.4, 0.5) is 4.39 Å². The molecule has 0 aliphatic rings. The van der Waals surface area contributed by atoms with E-state index in [0.29, 0.717) is 4.47 Å². The minimum absolute atomic E-state index is 0.0467. The Labute approximate surface area is 89.8 Å². The van der Waals surface area contributed by atoms with E-state index in [0.717, 1.165) is 0 Å². The zero-order chi connectivity index (χ0) is 10.7. The number of aliphatic hydroxyl groups excluding tert-OH is 1. The van der Waals surface area contributed by atoms with Crippen LogP contribution in [0.3, 0.4) is 0 Å². The average Bonchev–Trinajstić information content (AvgIpc) is 2.15. The molecule has 0 radical (unpaired) electrons. The molecule has 0 unspecified atom stereocenters. The van der Waals surface area contributed by atoms with E-state index in [-0.39, 0.29) is 17.9 Å². The number of nitrogens with two attached hydrogens (primary N) is 1. The largest absolute Gasteiger partial charge is 0.496 e. The fraction of sp³-hybridized carbons (Fsp3) is 0.333.